The number of anilines is 2. The second-order valence-electron chi connectivity index (χ2n) is 2.03. The minimum Gasteiger partial charge on any atom is -0.397 e. The number of hydrogen-bond donors (Lipinski definition) is 3. The normalized spacial score (nSPS) is 10.0. The molecule has 0 aliphatic carbocycles. The van der Waals surface area contributed by atoms with Crippen LogP contribution in [0.5, 0.6) is 0 Å². The second kappa shape index (κ2) is 4.07. The van der Waals surface area contributed by atoms with E-state index in [2.05, 4.69) is 15.3 Å². The zero-order valence-electron chi connectivity index (χ0n) is 6.36. The highest BCUT2D eigenvalue weighted by Gasteiger charge is 1.88. The minimum absolute atomic E-state index is 0.615. The fraction of sp³-hybridized carbons (Fsp3) is 0. The van der Waals surface area contributed by atoms with Crippen molar-refractivity contribution >= 4 is 24.2 Å². The Morgan fingerprint density at radius 3 is 3.00 bits per heavy atom. The molecule has 5 heteroatoms. The highest BCUT2D eigenvalue weighted by Crippen LogP contribution is 2.03. The molecular formula is C7H9N5. The van der Waals surface area contributed by atoms with E-state index in [9.17, 15) is 0 Å². The fourth-order valence-electron chi connectivity index (χ4n) is 0.631. The molecule has 0 spiro atoms. The average molecular weight is 163 g/mol. The van der Waals surface area contributed by atoms with E-state index in [0.717, 1.165) is 6.34 Å². The molecule has 1 aromatic heterocycles. The maximum Gasteiger partial charge on any atom is 0.131 e. The quantitative estimate of drug-likeness (QED) is 0.453. The number of nitrogens with one attached hydrogen (secondary N) is 2. The van der Waals surface area contributed by atoms with Gasteiger partial charge in [-0.15, -0.1) is 0 Å². The van der Waals surface area contributed by atoms with Crippen LogP contribution in [0.3, 0.4) is 0 Å². The Hall–Kier alpha value is -1.91. The maximum atomic E-state index is 6.60. The predicted molar refractivity (Wildman–Crippen MR) is 49.5 cm³/mol. The van der Waals surface area contributed by atoms with Crippen LogP contribution in [0.15, 0.2) is 23.3 Å². The fourth-order valence-corrected chi connectivity index (χ4v) is 0.631. The third-order valence-electron chi connectivity index (χ3n) is 1.15. The molecule has 0 unspecified atom stereocenters. The Labute approximate surface area is 69.9 Å². The maximum absolute atomic E-state index is 6.60. The van der Waals surface area contributed by atoms with Crippen molar-refractivity contribution in [3.63, 3.8) is 0 Å². The number of hydrogen-bond acceptors (Lipinski definition) is 3. The summed E-state index contributed by atoms with van der Waals surface area (Å²) >= 11 is 0. The minimum atomic E-state index is 0.615. The Morgan fingerprint density at radius 2 is 2.42 bits per heavy atom. The zero-order valence-corrected chi connectivity index (χ0v) is 6.36. The first-order valence-corrected chi connectivity index (χ1v) is 3.31. The van der Waals surface area contributed by atoms with Crippen molar-refractivity contribution < 1.29 is 0 Å². The third-order valence-corrected chi connectivity index (χ3v) is 1.15. The van der Waals surface area contributed by atoms with Gasteiger partial charge in [-0.2, -0.15) is 0 Å². The lowest BCUT2D eigenvalue weighted by atomic mass is 10.4. The van der Waals surface area contributed by atoms with E-state index in [1.54, 1.807) is 18.3 Å². The van der Waals surface area contributed by atoms with Gasteiger partial charge in [-0.25, -0.2) is 9.98 Å². The summed E-state index contributed by atoms with van der Waals surface area (Å²) in [6.45, 7) is 0. The van der Waals surface area contributed by atoms with Gasteiger partial charge in [0, 0.05) is 0 Å². The summed E-state index contributed by atoms with van der Waals surface area (Å²) in [5.41, 5.74) is 6.04. The monoisotopic (exact) mass is 163 g/mol. The summed E-state index contributed by atoms with van der Waals surface area (Å²) in [5.74, 6) is 0.648. The molecule has 0 amide bonds. The summed E-state index contributed by atoms with van der Waals surface area (Å²) in [4.78, 5) is 7.47. The average Bonchev–Trinajstić information content (AvgIpc) is 2.09. The van der Waals surface area contributed by atoms with Gasteiger partial charge >= 0.3 is 0 Å². The van der Waals surface area contributed by atoms with Crippen LogP contribution >= 0.6 is 0 Å². The van der Waals surface area contributed by atoms with Crippen molar-refractivity contribution in [2.45, 2.75) is 0 Å². The first kappa shape index (κ1) is 8.19. The van der Waals surface area contributed by atoms with Crippen LogP contribution in [0.4, 0.5) is 11.5 Å². The van der Waals surface area contributed by atoms with Crippen molar-refractivity contribution in [2.75, 3.05) is 11.1 Å². The van der Waals surface area contributed by atoms with Gasteiger partial charge < -0.3 is 11.1 Å². The molecule has 0 aliphatic rings. The number of nitrogens with zero attached hydrogens (tertiary/aromatic N) is 2. The summed E-state index contributed by atoms with van der Waals surface area (Å²) < 4.78 is 0. The van der Waals surface area contributed by atoms with E-state index in [1.165, 1.54) is 6.34 Å². The first-order valence-electron chi connectivity index (χ1n) is 3.31. The van der Waals surface area contributed by atoms with E-state index in [-0.39, 0.29) is 0 Å². The van der Waals surface area contributed by atoms with Crippen LogP contribution in [0.25, 0.3) is 0 Å². The summed E-state index contributed by atoms with van der Waals surface area (Å²) in [7, 11) is 0. The Bertz CT molecular complexity index is 276. The number of pyridine rings is 1. The molecule has 4 N–H and O–H groups in total. The van der Waals surface area contributed by atoms with Gasteiger partial charge in [0.05, 0.1) is 18.2 Å². The highest BCUT2D eigenvalue weighted by molar-refractivity contribution is 5.80. The topological polar surface area (TPSA) is 87.2 Å². The van der Waals surface area contributed by atoms with E-state index in [1.807, 2.05) is 0 Å². The van der Waals surface area contributed by atoms with Crippen molar-refractivity contribution in [3.8, 4) is 0 Å². The van der Waals surface area contributed by atoms with E-state index in [0.29, 0.717) is 11.5 Å². The van der Waals surface area contributed by atoms with Crippen molar-refractivity contribution in [1.29, 1.82) is 5.41 Å². The van der Waals surface area contributed by atoms with Gasteiger partial charge in [-0.1, -0.05) is 0 Å². The smallest absolute Gasteiger partial charge is 0.131 e. The molecule has 0 fully saturated rings. The number of nitrogens with two attached hydrogens (primary N) is 1. The number of aromatic nitrogens is 1. The van der Waals surface area contributed by atoms with Gasteiger partial charge in [0.25, 0.3) is 0 Å². The van der Waals surface area contributed by atoms with Crippen molar-refractivity contribution in [1.82, 2.24) is 4.98 Å². The second-order valence-corrected chi connectivity index (χ2v) is 2.03. The molecule has 12 heavy (non-hydrogen) atoms. The van der Waals surface area contributed by atoms with Gasteiger partial charge in [-0.05, 0) is 12.1 Å². The first-order chi connectivity index (χ1) is 5.83. The van der Waals surface area contributed by atoms with E-state index >= 15 is 0 Å². The van der Waals surface area contributed by atoms with Crippen LogP contribution in [0.2, 0.25) is 0 Å². The summed E-state index contributed by atoms with van der Waals surface area (Å²) in [6, 6.07) is 3.46. The Morgan fingerprint density at radius 1 is 1.58 bits per heavy atom. The predicted octanol–water partition coefficient (Wildman–Crippen LogP) is 0.711. The molecule has 1 rings (SSSR count). The van der Waals surface area contributed by atoms with Crippen LogP contribution in [0.1, 0.15) is 0 Å². The third kappa shape index (κ3) is 2.37. The largest absolute Gasteiger partial charge is 0.397 e. The summed E-state index contributed by atoms with van der Waals surface area (Å²) in [5, 5.41) is 9.36. The van der Waals surface area contributed by atoms with Crippen LogP contribution < -0.4 is 11.1 Å². The molecular weight excluding hydrogens is 154 g/mol. The number of aliphatic imine (C=N–C) groups is 1. The van der Waals surface area contributed by atoms with E-state index in [4.69, 9.17) is 11.1 Å². The van der Waals surface area contributed by atoms with Gasteiger partial charge in [0.2, 0.25) is 0 Å². The number of nitrogen functional groups attached to an aromatic ring is 1. The van der Waals surface area contributed by atoms with Crippen molar-refractivity contribution in [3.05, 3.63) is 18.3 Å². The molecule has 1 aromatic rings. The lowest BCUT2D eigenvalue weighted by Gasteiger charge is -1.97. The number of rotatable bonds is 3. The van der Waals surface area contributed by atoms with Crippen molar-refractivity contribution in [2.24, 2.45) is 4.99 Å². The molecule has 0 saturated carbocycles. The molecule has 0 aliphatic heterocycles. The van der Waals surface area contributed by atoms with Crippen LogP contribution in [-0.2, 0) is 0 Å². The molecule has 5 nitrogen and oxygen atoms in total. The molecule has 0 saturated heterocycles. The molecule has 1 heterocycles. The lowest BCUT2D eigenvalue weighted by molar-refractivity contribution is 1.33. The summed E-state index contributed by atoms with van der Waals surface area (Å²) in [6.07, 6.45) is 3.86. The standard InChI is InChI=1S/C7H9N5/c8-4-10-5-12-7-2-1-6(9)3-11-7/h1-5H,9H2,(H2,8,10,11,12). The van der Waals surface area contributed by atoms with Gasteiger partial charge in [0.1, 0.15) is 12.2 Å². The van der Waals surface area contributed by atoms with Crippen LogP contribution in [0, 0.1) is 5.41 Å². The SMILES string of the molecule is N=C/N=C\Nc1ccc(N)cn1. The zero-order chi connectivity index (χ0) is 8.81. The van der Waals surface area contributed by atoms with Crippen LogP contribution in [-0.4, -0.2) is 17.7 Å². The highest BCUT2D eigenvalue weighted by atomic mass is 15.0. The molecule has 0 atom stereocenters. The lowest BCUT2D eigenvalue weighted by Crippen LogP contribution is -1.97. The Balaban J connectivity index is 2.58. The molecule has 0 radical (unpaired) electrons. The Kier molecular flexibility index (Phi) is 2.78. The molecule has 0 bridgehead atoms. The molecule has 0 aromatic carbocycles. The van der Waals surface area contributed by atoms with Gasteiger partial charge in [0.15, 0.2) is 0 Å². The molecule has 62 valence electrons. The van der Waals surface area contributed by atoms with E-state index < -0.39 is 0 Å². The van der Waals surface area contributed by atoms with Gasteiger partial charge in [-0.3, -0.25) is 5.41 Å².